The molecule has 5 nitrogen and oxygen atoms in total. The van der Waals surface area contributed by atoms with Gasteiger partial charge in [0.05, 0.1) is 10.6 Å². The predicted molar refractivity (Wildman–Crippen MR) is 109 cm³/mol. The number of hydrogen-bond donors (Lipinski definition) is 3. The van der Waals surface area contributed by atoms with Crippen LogP contribution in [-0.4, -0.2) is 27.6 Å². The lowest BCUT2D eigenvalue weighted by molar-refractivity contribution is -0.123. The number of hydrogen-bond acceptors (Lipinski definition) is 3. The highest BCUT2D eigenvalue weighted by molar-refractivity contribution is 6.35. The normalized spacial score (nSPS) is 27.4. The molecule has 4 rings (SSSR count). The number of aromatic amines is 1. The van der Waals surface area contributed by atoms with Gasteiger partial charge in [-0.05, 0) is 49.7 Å². The fourth-order valence-corrected chi connectivity index (χ4v) is 5.22. The number of nitrogens with one attached hydrogen (secondary N) is 2. The van der Waals surface area contributed by atoms with E-state index in [1.807, 2.05) is 19.1 Å². The lowest BCUT2D eigenvalue weighted by Crippen LogP contribution is -2.49. The second-order valence-electron chi connectivity index (χ2n) is 8.32. The van der Waals surface area contributed by atoms with Crippen molar-refractivity contribution in [2.24, 2.45) is 5.92 Å². The lowest BCUT2D eigenvalue weighted by atomic mass is 9.70. The van der Waals surface area contributed by atoms with Crippen LogP contribution in [0.15, 0.2) is 30.4 Å². The first-order chi connectivity index (χ1) is 13.4. The van der Waals surface area contributed by atoms with Crippen LogP contribution in [0.5, 0.6) is 0 Å². The van der Waals surface area contributed by atoms with Crippen molar-refractivity contribution in [2.75, 3.05) is 0 Å². The summed E-state index contributed by atoms with van der Waals surface area (Å²) in [5.74, 6) is 0.109. The summed E-state index contributed by atoms with van der Waals surface area (Å²) in [7, 11) is 0. The van der Waals surface area contributed by atoms with Gasteiger partial charge in [0.1, 0.15) is 11.8 Å². The molecule has 146 valence electrons. The summed E-state index contributed by atoms with van der Waals surface area (Å²) in [6, 6.07) is 7.69. The number of nitriles is 1. The van der Waals surface area contributed by atoms with E-state index in [1.165, 1.54) is 0 Å². The molecular formula is C22H24ClN3O2. The number of fused-ring (bicyclic) bond motifs is 3. The molecule has 1 amide bonds. The quantitative estimate of drug-likeness (QED) is 0.676. The molecule has 2 bridgehead atoms. The molecule has 2 aliphatic carbocycles. The highest BCUT2D eigenvalue weighted by Gasteiger charge is 2.40. The number of halogens is 1. The summed E-state index contributed by atoms with van der Waals surface area (Å²) in [6.07, 6.45) is 7.37. The Labute approximate surface area is 169 Å². The fourth-order valence-electron chi connectivity index (χ4n) is 4.94. The van der Waals surface area contributed by atoms with Gasteiger partial charge in [0.25, 0.3) is 0 Å². The van der Waals surface area contributed by atoms with Crippen LogP contribution in [0.4, 0.5) is 0 Å². The van der Waals surface area contributed by atoms with Crippen molar-refractivity contribution in [3.05, 3.63) is 46.6 Å². The summed E-state index contributed by atoms with van der Waals surface area (Å²) >= 11 is 6.37. The Hall–Kier alpha value is -2.29. The number of carbonyl (C=O) groups is 1. The summed E-state index contributed by atoms with van der Waals surface area (Å²) < 4.78 is 0. The van der Waals surface area contributed by atoms with Gasteiger partial charge < -0.3 is 15.4 Å². The van der Waals surface area contributed by atoms with E-state index in [2.05, 4.69) is 28.5 Å². The van der Waals surface area contributed by atoms with Crippen molar-refractivity contribution in [3.8, 4) is 6.07 Å². The molecule has 2 aromatic rings. The van der Waals surface area contributed by atoms with Crippen LogP contribution in [0.3, 0.4) is 0 Å². The number of aromatic nitrogens is 1. The molecular weight excluding hydrogens is 374 g/mol. The summed E-state index contributed by atoms with van der Waals surface area (Å²) in [6.45, 7) is 1.94. The highest BCUT2D eigenvalue weighted by Crippen LogP contribution is 2.40. The van der Waals surface area contributed by atoms with Crippen molar-refractivity contribution in [1.29, 1.82) is 5.26 Å². The van der Waals surface area contributed by atoms with Crippen molar-refractivity contribution in [2.45, 2.75) is 56.6 Å². The summed E-state index contributed by atoms with van der Waals surface area (Å²) in [4.78, 5) is 15.8. The van der Waals surface area contributed by atoms with Gasteiger partial charge in [-0.1, -0.05) is 36.7 Å². The van der Waals surface area contributed by atoms with E-state index in [9.17, 15) is 15.2 Å². The van der Waals surface area contributed by atoms with Gasteiger partial charge in [-0.3, -0.25) is 4.79 Å². The molecule has 1 saturated carbocycles. The van der Waals surface area contributed by atoms with E-state index in [1.54, 1.807) is 6.07 Å². The maximum absolute atomic E-state index is 12.7. The third-order valence-electron chi connectivity index (χ3n) is 6.04. The predicted octanol–water partition coefficient (Wildman–Crippen LogP) is 4.16. The number of aliphatic hydroxyl groups is 1. The van der Waals surface area contributed by atoms with Gasteiger partial charge >= 0.3 is 0 Å². The molecule has 1 aromatic heterocycles. The maximum Gasteiger partial charge on any atom is 0.220 e. The van der Waals surface area contributed by atoms with Crippen LogP contribution < -0.4 is 5.32 Å². The lowest BCUT2D eigenvalue weighted by Gasteiger charge is -2.42. The van der Waals surface area contributed by atoms with E-state index in [4.69, 9.17) is 11.6 Å². The standard InChI is InChI=1S/C22H24ClN3O2/c1-13(20-18(12-24)26-17-6-2-5-16(23)21(17)20)8-19(27)25-15-9-14-4-3-7-22(28,10-14)11-15/h2-6,13-15,26,28H,7-11H2,1H3,(H,25,27). The van der Waals surface area contributed by atoms with Crippen LogP contribution in [-0.2, 0) is 4.79 Å². The molecule has 28 heavy (non-hydrogen) atoms. The van der Waals surface area contributed by atoms with Crippen LogP contribution in [0.1, 0.15) is 56.2 Å². The molecule has 3 N–H and O–H groups in total. The van der Waals surface area contributed by atoms with Crippen LogP contribution in [0.2, 0.25) is 5.02 Å². The van der Waals surface area contributed by atoms with Crippen molar-refractivity contribution < 1.29 is 9.90 Å². The minimum absolute atomic E-state index is 0.0182. The number of allylic oxidation sites excluding steroid dienone is 1. The van der Waals surface area contributed by atoms with Crippen LogP contribution in [0, 0.1) is 17.2 Å². The third-order valence-corrected chi connectivity index (χ3v) is 6.35. The SMILES string of the molecule is CC(CC(=O)NC1CC2C=CCC(O)(C2)C1)c1c(C#N)[nH]c2cccc(Cl)c12. The number of nitrogens with zero attached hydrogens (tertiary/aromatic N) is 1. The molecule has 0 radical (unpaired) electrons. The Morgan fingerprint density at radius 2 is 2.32 bits per heavy atom. The molecule has 4 unspecified atom stereocenters. The maximum atomic E-state index is 12.7. The van der Waals surface area contributed by atoms with Gasteiger partial charge in [0.15, 0.2) is 0 Å². The van der Waals surface area contributed by atoms with Crippen LogP contribution in [0.25, 0.3) is 10.9 Å². The zero-order chi connectivity index (χ0) is 19.9. The van der Waals surface area contributed by atoms with Crippen molar-refractivity contribution in [3.63, 3.8) is 0 Å². The monoisotopic (exact) mass is 397 g/mol. The Balaban J connectivity index is 1.49. The van der Waals surface area contributed by atoms with Crippen LogP contribution >= 0.6 is 11.6 Å². The largest absolute Gasteiger partial charge is 0.389 e. The molecule has 6 heteroatoms. The Morgan fingerprint density at radius 1 is 1.50 bits per heavy atom. The number of H-pyrrole nitrogens is 1. The first kappa shape index (κ1) is 19.0. The van der Waals surface area contributed by atoms with E-state index in [0.29, 0.717) is 29.5 Å². The number of benzene rings is 1. The smallest absolute Gasteiger partial charge is 0.220 e. The Kier molecular flexibility index (Phi) is 4.95. The van der Waals surface area contributed by atoms with Gasteiger partial charge in [-0.25, -0.2) is 0 Å². The molecule has 4 atom stereocenters. The topological polar surface area (TPSA) is 88.9 Å². The second-order valence-corrected chi connectivity index (χ2v) is 8.73. The number of rotatable bonds is 4. The molecule has 0 aliphatic heterocycles. The third kappa shape index (κ3) is 3.55. The van der Waals surface area contributed by atoms with E-state index in [0.717, 1.165) is 29.3 Å². The zero-order valence-corrected chi connectivity index (χ0v) is 16.6. The average Bonchev–Trinajstić information content (AvgIpc) is 3.00. The Bertz CT molecular complexity index is 990. The zero-order valence-electron chi connectivity index (χ0n) is 15.8. The second kappa shape index (κ2) is 7.27. The minimum Gasteiger partial charge on any atom is -0.389 e. The minimum atomic E-state index is -0.695. The number of carbonyl (C=O) groups excluding carboxylic acids is 1. The number of amides is 1. The Morgan fingerprint density at radius 3 is 3.07 bits per heavy atom. The van der Waals surface area contributed by atoms with E-state index < -0.39 is 5.60 Å². The fraction of sp³-hybridized carbons (Fsp3) is 0.455. The molecule has 1 fully saturated rings. The van der Waals surface area contributed by atoms with Gasteiger partial charge in [0, 0.05) is 28.9 Å². The first-order valence-electron chi connectivity index (χ1n) is 9.77. The van der Waals surface area contributed by atoms with Crippen molar-refractivity contribution >= 4 is 28.4 Å². The molecule has 0 saturated heterocycles. The van der Waals surface area contributed by atoms with E-state index in [-0.39, 0.29) is 24.3 Å². The first-order valence-corrected chi connectivity index (χ1v) is 10.1. The van der Waals surface area contributed by atoms with Gasteiger partial charge in [-0.15, -0.1) is 0 Å². The molecule has 1 heterocycles. The molecule has 2 aliphatic rings. The summed E-state index contributed by atoms with van der Waals surface area (Å²) in [5, 5.41) is 24.7. The van der Waals surface area contributed by atoms with Crippen molar-refractivity contribution in [1.82, 2.24) is 10.3 Å². The molecule has 1 aromatic carbocycles. The molecule has 0 spiro atoms. The van der Waals surface area contributed by atoms with E-state index >= 15 is 0 Å². The highest BCUT2D eigenvalue weighted by atomic mass is 35.5. The van der Waals surface area contributed by atoms with Gasteiger partial charge in [0.2, 0.25) is 5.91 Å². The van der Waals surface area contributed by atoms with Gasteiger partial charge in [-0.2, -0.15) is 5.26 Å². The summed E-state index contributed by atoms with van der Waals surface area (Å²) in [5.41, 5.74) is 1.36. The average molecular weight is 398 g/mol.